The first-order valence-electron chi connectivity index (χ1n) is 7.38. The van der Waals surface area contributed by atoms with E-state index in [2.05, 4.69) is 0 Å². The van der Waals surface area contributed by atoms with Gasteiger partial charge in [-0.25, -0.2) is 0 Å². The van der Waals surface area contributed by atoms with Crippen LogP contribution < -0.4 is 4.90 Å². The number of rotatable bonds is 4. The summed E-state index contributed by atoms with van der Waals surface area (Å²) < 4.78 is 0. The van der Waals surface area contributed by atoms with Gasteiger partial charge in [-0.1, -0.05) is 18.2 Å². The quantitative estimate of drug-likeness (QED) is 0.871. The third kappa shape index (κ3) is 2.87. The van der Waals surface area contributed by atoms with Gasteiger partial charge in [-0.15, -0.1) is 0 Å². The van der Waals surface area contributed by atoms with E-state index < -0.39 is 17.4 Å². The lowest BCUT2D eigenvalue weighted by Gasteiger charge is -2.26. The topological polar surface area (TPSA) is 60.9 Å². The molecule has 1 aliphatic rings. The fourth-order valence-electron chi connectivity index (χ4n) is 2.80. The van der Waals surface area contributed by atoms with Crippen molar-refractivity contribution in [1.82, 2.24) is 4.90 Å². The minimum Gasteiger partial charge on any atom is -0.372 e. The molecule has 1 fully saturated rings. The predicted octanol–water partition coefficient (Wildman–Crippen LogP) is 1.87. The van der Waals surface area contributed by atoms with Crippen molar-refractivity contribution in [2.75, 3.05) is 18.5 Å². The number of thiophene rings is 1. The number of para-hydroxylation sites is 1. The monoisotopic (exact) mass is 330 g/mol. The van der Waals surface area contributed by atoms with Crippen molar-refractivity contribution in [2.45, 2.75) is 18.6 Å². The Morgan fingerprint density at radius 3 is 2.74 bits per heavy atom. The van der Waals surface area contributed by atoms with Crippen LogP contribution >= 0.6 is 11.3 Å². The molecule has 0 radical (unpaired) electrons. The normalized spacial score (nSPS) is 20.8. The molecule has 1 aromatic carbocycles. The molecule has 1 atom stereocenters. The van der Waals surface area contributed by atoms with Crippen LogP contribution in [-0.2, 0) is 16.1 Å². The molecule has 120 valence electrons. The molecular formula is C17H18N2O3S. The number of hydrogen-bond donors (Lipinski definition) is 1. The maximum absolute atomic E-state index is 12.6. The molecule has 0 unspecified atom stereocenters. The van der Waals surface area contributed by atoms with Gasteiger partial charge >= 0.3 is 0 Å². The SMILES string of the molecule is CN(Cc1ccsc1)C(=O)[C@@]1(O)CCN(c2ccccc2)C1=O. The molecule has 2 amide bonds. The maximum Gasteiger partial charge on any atom is 0.268 e. The van der Waals surface area contributed by atoms with Crippen molar-refractivity contribution in [2.24, 2.45) is 0 Å². The van der Waals surface area contributed by atoms with Crippen LogP contribution in [0.1, 0.15) is 12.0 Å². The summed E-state index contributed by atoms with van der Waals surface area (Å²) in [6.07, 6.45) is 0.105. The molecule has 6 heteroatoms. The number of hydrogen-bond acceptors (Lipinski definition) is 4. The summed E-state index contributed by atoms with van der Waals surface area (Å²) in [5.74, 6) is -1.10. The summed E-state index contributed by atoms with van der Waals surface area (Å²) in [6.45, 7) is 0.709. The summed E-state index contributed by atoms with van der Waals surface area (Å²) in [6, 6.07) is 11.0. The molecule has 5 nitrogen and oxygen atoms in total. The van der Waals surface area contributed by atoms with Crippen LogP contribution in [-0.4, -0.2) is 41.0 Å². The summed E-state index contributed by atoms with van der Waals surface area (Å²) in [7, 11) is 1.61. The average Bonchev–Trinajstić information content (AvgIpc) is 3.17. The number of anilines is 1. The number of aliphatic hydroxyl groups is 1. The van der Waals surface area contributed by atoms with Gasteiger partial charge in [0.25, 0.3) is 11.8 Å². The zero-order valence-electron chi connectivity index (χ0n) is 12.8. The van der Waals surface area contributed by atoms with Gasteiger partial charge in [0.1, 0.15) is 0 Å². The smallest absolute Gasteiger partial charge is 0.268 e. The molecule has 0 bridgehead atoms. The fraction of sp³-hybridized carbons (Fsp3) is 0.294. The molecule has 2 aromatic rings. The third-order valence-electron chi connectivity index (χ3n) is 4.06. The Morgan fingerprint density at radius 2 is 2.09 bits per heavy atom. The molecule has 1 saturated heterocycles. The van der Waals surface area contributed by atoms with Crippen LogP contribution in [0.3, 0.4) is 0 Å². The zero-order valence-corrected chi connectivity index (χ0v) is 13.6. The van der Waals surface area contributed by atoms with Crippen LogP contribution in [0.4, 0.5) is 5.69 Å². The van der Waals surface area contributed by atoms with Crippen molar-refractivity contribution in [3.63, 3.8) is 0 Å². The first-order chi connectivity index (χ1) is 11.0. The number of carbonyl (C=O) groups is 2. The zero-order chi connectivity index (χ0) is 16.4. The van der Waals surface area contributed by atoms with Gasteiger partial charge in [0, 0.05) is 32.2 Å². The van der Waals surface area contributed by atoms with Crippen LogP contribution in [0.2, 0.25) is 0 Å². The van der Waals surface area contributed by atoms with E-state index in [0.717, 1.165) is 5.56 Å². The van der Waals surface area contributed by atoms with Gasteiger partial charge in [0.15, 0.2) is 0 Å². The Morgan fingerprint density at radius 1 is 1.35 bits per heavy atom. The van der Waals surface area contributed by atoms with Gasteiger partial charge in [-0.3, -0.25) is 9.59 Å². The lowest BCUT2D eigenvalue weighted by Crippen LogP contribution is -2.52. The number of nitrogens with zero attached hydrogens (tertiary/aromatic N) is 2. The Balaban J connectivity index is 1.76. The highest BCUT2D eigenvalue weighted by atomic mass is 32.1. The number of benzene rings is 1. The summed E-state index contributed by atoms with van der Waals surface area (Å²) >= 11 is 1.55. The molecule has 0 aliphatic carbocycles. The average molecular weight is 330 g/mol. The summed E-state index contributed by atoms with van der Waals surface area (Å²) in [5, 5.41) is 14.6. The minimum atomic E-state index is -1.97. The first-order valence-corrected chi connectivity index (χ1v) is 8.33. The van der Waals surface area contributed by atoms with Crippen molar-refractivity contribution in [1.29, 1.82) is 0 Å². The molecule has 3 rings (SSSR count). The van der Waals surface area contributed by atoms with Gasteiger partial charge in [0.2, 0.25) is 5.60 Å². The predicted molar refractivity (Wildman–Crippen MR) is 89.2 cm³/mol. The van der Waals surface area contributed by atoms with Crippen molar-refractivity contribution in [3.8, 4) is 0 Å². The molecule has 0 saturated carbocycles. The van der Waals surface area contributed by atoms with E-state index in [1.54, 1.807) is 30.5 Å². The highest BCUT2D eigenvalue weighted by Gasteiger charge is 2.52. The van der Waals surface area contributed by atoms with E-state index in [9.17, 15) is 14.7 Å². The lowest BCUT2D eigenvalue weighted by atomic mass is 10.0. The van der Waals surface area contributed by atoms with Crippen LogP contribution in [0.25, 0.3) is 0 Å². The molecule has 0 spiro atoms. The van der Waals surface area contributed by atoms with E-state index in [-0.39, 0.29) is 6.42 Å². The van der Waals surface area contributed by atoms with Gasteiger partial charge in [-0.05, 0) is 34.5 Å². The number of likely N-dealkylation sites (N-methyl/N-ethyl adjacent to an activating group) is 1. The van der Waals surface area contributed by atoms with Crippen LogP contribution in [0.5, 0.6) is 0 Å². The van der Waals surface area contributed by atoms with E-state index in [1.165, 1.54) is 9.80 Å². The second-order valence-electron chi connectivity index (χ2n) is 5.70. The molecule has 23 heavy (non-hydrogen) atoms. The molecule has 1 aromatic heterocycles. The van der Waals surface area contributed by atoms with Crippen molar-refractivity contribution < 1.29 is 14.7 Å². The highest BCUT2D eigenvalue weighted by Crippen LogP contribution is 2.30. The van der Waals surface area contributed by atoms with Gasteiger partial charge in [-0.2, -0.15) is 11.3 Å². The maximum atomic E-state index is 12.6. The van der Waals surface area contributed by atoms with E-state index in [4.69, 9.17) is 0 Å². The molecular weight excluding hydrogens is 312 g/mol. The second-order valence-corrected chi connectivity index (χ2v) is 6.48. The molecule has 1 aliphatic heterocycles. The number of carbonyl (C=O) groups excluding carboxylic acids is 2. The van der Waals surface area contributed by atoms with Gasteiger partial charge < -0.3 is 14.9 Å². The Bertz CT molecular complexity index is 702. The lowest BCUT2D eigenvalue weighted by molar-refractivity contribution is -0.156. The summed E-state index contributed by atoms with van der Waals surface area (Å²) in [4.78, 5) is 28.1. The van der Waals surface area contributed by atoms with Crippen molar-refractivity contribution in [3.05, 3.63) is 52.7 Å². The third-order valence-corrected chi connectivity index (χ3v) is 4.80. The van der Waals surface area contributed by atoms with Crippen LogP contribution in [0.15, 0.2) is 47.2 Å². The van der Waals surface area contributed by atoms with Crippen molar-refractivity contribution >= 4 is 28.8 Å². The van der Waals surface area contributed by atoms with E-state index in [1.807, 2.05) is 35.0 Å². The Hall–Kier alpha value is -2.18. The van der Waals surface area contributed by atoms with Crippen LogP contribution in [0, 0.1) is 0 Å². The number of amides is 2. The highest BCUT2D eigenvalue weighted by molar-refractivity contribution is 7.07. The first kappa shape index (κ1) is 15.7. The Labute approximate surface area is 138 Å². The second kappa shape index (κ2) is 6.14. The summed E-state index contributed by atoms with van der Waals surface area (Å²) in [5.41, 5.74) is -0.290. The molecule has 2 heterocycles. The molecule has 1 N–H and O–H groups in total. The Kier molecular flexibility index (Phi) is 4.19. The largest absolute Gasteiger partial charge is 0.372 e. The standard InChI is InChI=1S/C17H18N2O3S/c1-18(11-13-7-10-23-12-13)15(20)17(22)8-9-19(16(17)21)14-5-3-2-4-6-14/h2-7,10,12,22H,8-9,11H2,1H3/t17-/m0/s1. The van der Waals surface area contributed by atoms with Gasteiger partial charge in [0.05, 0.1) is 0 Å². The van der Waals surface area contributed by atoms with E-state index in [0.29, 0.717) is 18.8 Å². The van der Waals surface area contributed by atoms with E-state index >= 15 is 0 Å². The fourth-order valence-corrected chi connectivity index (χ4v) is 3.46. The minimum absolute atomic E-state index is 0.105.